The van der Waals surface area contributed by atoms with Gasteiger partial charge in [0.1, 0.15) is 28.3 Å². The highest BCUT2D eigenvalue weighted by molar-refractivity contribution is 6.18. The van der Waals surface area contributed by atoms with Gasteiger partial charge in [-0.1, -0.05) is 118 Å². The summed E-state index contributed by atoms with van der Waals surface area (Å²) in [5.41, 5.74) is 14.1. The summed E-state index contributed by atoms with van der Waals surface area (Å²) in [5, 5.41) is 14.4. The number of aromatic hydroxyl groups is 1. The van der Waals surface area contributed by atoms with Crippen molar-refractivity contribution in [2.45, 2.75) is 118 Å². The van der Waals surface area contributed by atoms with E-state index in [1.165, 1.54) is 36.8 Å². The molecule has 5 aromatic carbocycles. The van der Waals surface area contributed by atoms with Crippen molar-refractivity contribution in [3.63, 3.8) is 0 Å². The lowest BCUT2D eigenvalue weighted by atomic mass is 9.71. The zero-order valence-corrected chi connectivity index (χ0v) is 37.1. The van der Waals surface area contributed by atoms with Gasteiger partial charge in [0, 0.05) is 22.7 Å². The van der Waals surface area contributed by atoms with Gasteiger partial charge in [0.05, 0.1) is 27.8 Å². The average Bonchev–Trinajstić information content (AvgIpc) is 3.78. The molecule has 3 heterocycles. The van der Waals surface area contributed by atoms with Crippen LogP contribution in [-0.4, -0.2) is 19.6 Å². The summed E-state index contributed by atoms with van der Waals surface area (Å²) in [4.78, 5) is 10.5. The van der Waals surface area contributed by atoms with E-state index in [0.29, 0.717) is 11.3 Å². The van der Waals surface area contributed by atoms with E-state index in [9.17, 15) is 5.11 Å². The quantitative estimate of drug-likeness (QED) is 0.182. The smallest absolute Gasteiger partial charge is 0.149 e. The van der Waals surface area contributed by atoms with Crippen molar-refractivity contribution >= 4 is 33.0 Å². The fourth-order valence-electron chi connectivity index (χ4n) is 9.42. The highest BCUT2D eigenvalue weighted by Gasteiger charge is 2.31. The molecule has 0 spiro atoms. The Morgan fingerprint density at radius 2 is 1.48 bits per heavy atom. The van der Waals surface area contributed by atoms with Crippen molar-refractivity contribution < 1.29 is 9.52 Å². The van der Waals surface area contributed by atoms with E-state index in [-0.39, 0.29) is 22.5 Å². The number of phenols is 1. The number of hydrogen-bond donors (Lipinski definition) is 1. The zero-order valence-electron chi connectivity index (χ0n) is 37.1. The standard InChI is InChI=1S/C55H59N3O2/c1-33(2)40-28-36(35-22-25-55(9,10)26-23-35)16-18-45(40)58-46-19-21-48-49(50(46)57-52(58)42-31-39(53(3,4)5)32-43(51(42)59)54(6,7)8)41-29-38(17-20-47(41)60-48)44-30-37(24-27-56-44)34-14-12-11-13-15-34/h11-21,24,27-33,35,59H,22-23,25-26H2,1-10H3. The second-order valence-corrected chi connectivity index (χ2v) is 20.5. The van der Waals surface area contributed by atoms with Crippen LogP contribution in [0.2, 0.25) is 0 Å². The van der Waals surface area contributed by atoms with Crippen molar-refractivity contribution in [3.8, 4) is 45.2 Å². The van der Waals surface area contributed by atoms with Crippen molar-refractivity contribution in [2.24, 2.45) is 5.41 Å². The Bertz CT molecular complexity index is 2900. The highest BCUT2D eigenvalue weighted by Crippen LogP contribution is 2.47. The summed E-state index contributed by atoms with van der Waals surface area (Å²) in [7, 11) is 0. The lowest BCUT2D eigenvalue weighted by molar-refractivity contribution is 0.224. The number of rotatable bonds is 6. The molecule has 1 aliphatic rings. The predicted octanol–water partition coefficient (Wildman–Crippen LogP) is 15.4. The molecule has 5 nitrogen and oxygen atoms in total. The van der Waals surface area contributed by atoms with Crippen LogP contribution in [-0.2, 0) is 10.8 Å². The summed E-state index contributed by atoms with van der Waals surface area (Å²) in [5.74, 6) is 1.81. The number of furan rings is 1. The molecule has 5 heteroatoms. The second kappa shape index (κ2) is 14.5. The third-order valence-corrected chi connectivity index (χ3v) is 13.2. The van der Waals surface area contributed by atoms with E-state index in [1.807, 2.05) is 12.3 Å². The summed E-state index contributed by atoms with van der Waals surface area (Å²) in [6.07, 6.45) is 6.81. The minimum absolute atomic E-state index is 0.158. The molecule has 1 N–H and O–H groups in total. The van der Waals surface area contributed by atoms with Gasteiger partial charge in [0.15, 0.2) is 0 Å². The maximum absolute atomic E-state index is 12.4. The van der Waals surface area contributed by atoms with E-state index in [0.717, 1.165) is 83.6 Å². The fraction of sp³-hybridized carbons (Fsp3) is 0.345. The van der Waals surface area contributed by atoms with Gasteiger partial charge in [-0.2, -0.15) is 0 Å². The van der Waals surface area contributed by atoms with Crippen LogP contribution in [0.25, 0.3) is 72.4 Å². The Labute approximate surface area is 355 Å². The number of nitrogens with zero attached hydrogens (tertiary/aromatic N) is 3. The van der Waals surface area contributed by atoms with Crippen molar-refractivity contribution in [1.82, 2.24) is 14.5 Å². The molecule has 3 aromatic heterocycles. The molecule has 0 bridgehead atoms. The molecule has 0 unspecified atom stereocenters. The van der Waals surface area contributed by atoms with E-state index < -0.39 is 0 Å². The fourth-order valence-corrected chi connectivity index (χ4v) is 9.42. The van der Waals surface area contributed by atoms with E-state index in [1.54, 1.807) is 0 Å². The number of benzene rings is 5. The van der Waals surface area contributed by atoms with E-state index in [4.69, 9.17) is 14.4 Å². The first-order chi connectivity index (χ1) is 28.5. The Morgan fingerprint density at radius 1 is 0.750 bits per heavy atom. The third-order valence-electron chi connectivity index (χ3n) is 13.2. The summed E-state index contributed by atoms with van der Waals surface area (Å²) in [6, 6.07) is 36.8. The molecule has 0 aliphatic heterocycles. The molecule has 0 atom stereocenters. The first kappa shape index (κ1) is 39.8. The van der Waals surface area contributed by atoms with Gasteiger partial charge < -0.3 is 9.52 Å². The largest absolute Gasteiger partial charge is 0.507 e. The van der Waals surface area contributed by atoms with Crippen molar-refractivity contribution in [3.05, 3.63) is 132 Å². The molecule has 1 saturated carbocycles. The molecular formula is C55H59N3O2. The Hall–Kier alpha value is -5.68. The molecule has 8 aromatic rings. The van der Waals surface area contributed by atoms with Gasteiger partial charge in [0.25, 0.3) is 0 Å². The Balaban J connectivity index is 1.31. The SMILES string of the molecule is CC(C)c1cc(C2CCC(C)(C)CC2)ccc1-n1c(-c2cc(C(C)(C)C)cc(C(C)(C)C)c2O)nc2c3c(ccc21)oc1ccc(-c2cc(-c4ccccc4)ccn2)cc13. The molecule has 1 aliphatic carbocycles. The topological polar surface area (TPSA) is 64.1 Å². The monoisotopic (exact) mass is 793 g/mol. The number of phenolic OH excluding ortho intramolecular Hbond substituents is 1. The molecule has 1 fully saturated rings. The zero-order chi connectivity index (χ0) is 42.3. The van der Waals surface area contributed by atoms with Gasteiger partial charge in [-0.05, 0) is 136 Å². The van der Waals surface area contributed by atoms with Crippen LogP contribution in [0.15, 0.2) is 114 Å². The average molecular weight is 794 g/mol. The lowest BCUT2D eigenvalue weighted by Gasteiger charge is -2.35. The maximum atomic E-state index is 12.4. The first-order valence-electron chi connectivity index (χ1n) is 21.9. The normalized spacial score (nSPS) is 15.2. The summed E-state index contributed by atoms with van der Waals surface area (Å²) >= 11 is 0. The molecule has 60 heavy (non-hydrogen) atoms. The van der Waals surface area contributed by atoms with Crippen LogP contribution in [0, 0.1) is 5.41 Å². The molecular weight excluding hydrogens is 735 g/mol. The highest BCUT2D eigenvalue weighted by atomic mass is 16.3. The number of aromatic nitrogens is 3. The summed E-state index contributed by atoms with van der Waals surface area (Å²) < 4.78 is 8.92. The predicted molar refractivity (Wildman–Crippen MR) is 251 cm³/mol. The number of hydrogen-bond acceptors (Lipinski definition) is 4. The van der Waals surface area contributed by atoms with Gasteiger partial charge in [-0.15, -0.1) is 0 Å². The van der Waals surface area contributed by atoms with Gasteiger partial charge >= 0.3 is 0 Å². The van der Waals surface area contributed by atoms with Crippen LogP contribution in [0.5, 0.6) is 5.75 Å². The maximum Gasteiger partial charge on any atom is 0.149 e. The van der Waals surface area contributed by atoms with Crippen LogP contribution in [0.1, 0.15) is 129 Å². The van der Waals surface area contributed by atoms with E-state index >= 15 is 0 Å². The first-order valence-corrected chi connectivity index (χ1v) is 21.9. The molecule has 306 valence electrons. The molecule has 0 amide bonds. The van der Waals surface area contributed by atoms with Crippen molar-refractivity contribution in [1.29, 1.82) is 0 Å². The molecule has 9 rings (SSSR count). The van der Waals surface area contributed by atoms with Crippen LogP contribution in [0.3, 0.4) is 0 Å². The third kappa shape index (κ3) is 7.10. The van der Waals surface area contributed by atoms with Crippen LogP contribution >= 0.6 is 0 Å². The lowest BCUT2D eigenvalue weighted by Crippen LogP contribution is -2.20. The van der Waals surface area contributed by atoms with Gasteiger partial charge in [-0.3, -0.25) is 9.55 Å². The van der Waals surface area contributed by atoms with Gasteiger partial charge in [0.2, 0.25) is 0 Å². The summed E-state index contributed by atoms with van der Waals surface area (Å²) in [6.45, 7) is 22.7. The van der Waals surface area contributed by atoms with Crippen LogP contribution < -0.4 is 0 Å². The van der Waals surface area contributed by atoms with E-state index in [2.05, 4.69) is 171 Å². The Kier molecular flexibility index (Phi) is 9.61. The minimum atomic E-state index is -0.299. The molecule has 0 radical (unpaired) electrons. The van der Waals surface area contributed by atoms with Crippen molar-refractivity contribution in [2.75, 3.05) is 0 Å². The number of imidazole rings is 1. The van der Waals surface area contributed by atoms with Crippen LogP contribution in [0.4, 0.5) is 0 Å². The minimum Gasteiger partial charge on any atom is -0.507 e. The van der Waals surface area contributed by atoms with Gasteiger partial charge in [-0.25, -0.2) is 4.98 Å². The Morgan fingerprint density at radius 3 is 2.18 bits per heavy atom. The molecule has 0 saturated heterocycles. The number of pyridine rings is 1. The number of fused-ring (bicyclic) bond motifs is 5. The second-order valence-electron chi connectivity index (χ2n) is 20.5.